The predicted octanol–water partition coefficient (Wildman–Crippen LogP) is 1.00. The number of hydrogen-bond acceptors (Lipinski definition) is 4. The van der Waals surface area contributed by atoms with Crippen molar-refractivity contribution in [3.8, 4) is 0 Å². The molecule has 5 nitrogen and oxygen atoms in total. The Hall–Kier alpha value is -1.72. The summed E-state index contributed by atoms with van der Waals surface area (Å²) in [6.07, 6.45) is 2.73. The molecule has 0 fully saturated rings. The lowest BCUT2D eigenvalue weighted by atomic mass is 10.1. The minimum Gasteiger partial charge on any atom is -0.330 e. The van der Waals surface area contributed by atoms with Crippen LogP contribution in [0.4, 0.5) is 0 Å². The van der Waals surface area contributed by atoms with E-state index in [-0.39, 0.29) is 11.8 Å². The summed E-state index contributed by atoms with van der Waals surface area (Å²) in [7, 11) is 0. The van der Waals surface area contributed by atoms with Crippen LogP contribution in [0.25, 0.3) is 0 Å². The number of amides is 2. The highest BCUT2D eigenvalue weighted by Gasteiger charge is 2.34. The molecule has 1 aliphatic rings. The molecule has 2 amide bonds. The number of nitrogens with one attached hydrogen (secondary N) is 1. The topological polar surface area (TPSA) is 75.4 Å². The Kier molecular flexibility index (Phi) is 5.26. The van der Waals surface area contributed by atoms with Crippen LogP contribution in [0.3, 0.4) is 0 Å². The van der Waals surface area contributed by atoms with E-state index in [1.807, 2.05) is 0 Å². The van der Waals surface area contributed by atoms with Crippen molar-refractivity contribution in [2.75, 3.05) is 26.2 Å². The van der Waals surface area contributed by atoms with E-state index >= 15 is 0 Å². The number of unbranched alkanes of at least 4 members (excludes halogenated alkanes) is 1. The maximum Gasteiger partial charge on any atom is 0.261 e. The van der Waals surface area contributed by atoms with E-state index in [4.69, 9.17) is 5.73 Å². The molecule has 5 heteroatoms. The van der Waals surface area contributed by atoms with Crippen molar-refractivity contribution in [2.45, 2.75) is 19.3 Å². The quantitative estimate of drug-likeness (QED) is 0.548. The first kappa shape index (κ1) is 14.7. The van der Waals surface area contributed by atoms with Crippen LogP contribution in [0.2, 0.25) is 0 Å². The Morgan fingerprint density at radius 3 is 2.15 bits per heavy atom. The number of rotatable bonds is 8. The van der Waals surface area contributed by atoms with Gasteiger partial charge in [-0.05, 0) is 51.0 Å². The van der Waals surface area contributed by atoms with E-state index in [0.717, 1.165) is 32.4 Å². The Labute approximate surface area is 119 Å². The number of fused-ring (bicyclic) bond motifs is 1. The van der Waals surface area contributed by atoms with E-state index < -0.39 is 0 Å². The van der Waals surface area contributed by atoms with Gasteiger partial charge in [-0.15, -0.1) is 0 Å². The van der Waals surface area contributed by atoms with Crippen molar-refractivity contribution < 1.29 is 9.59 Å². The van der Waals surface area contributed by atoms with Gasteiger partial charge in [0.1, 0.15) is 0 Å². The molecule has 108 valence electrons. The van der Waals surface area contributed by atoms with E-state index in [9.17, 15) is 9.59 Å². The number of imide groups is 1. The second kappa shape index (κ2) is 7.17. The van der Waals surface area contributed by atoms with Gasteiger partial charge in [-0.2, -0.15) is 0 Å². The Morgan fingerprint density at radius 2 is 1.55 bits per heavy atom. The van der Waals surface area contributed by atoms with Gasteiger partial charge in [0.15, 0.2) is 0 Å². The van der Waals surface area contributed by atoms with Crippen LogP contribution >= 0.6 is 0 Å². The van der Waals surface area contributed by atoms with Gasteiger partial charge in [0, 0.05) is 6.54 Å². The molecule has 1 aromatic rings. The predicted molar refractivity (Wildman–Crippen MR) is 77.6 cm³/mol. The molecule has 0 radical (unpaired) electrons. The van der Waals surface area contributed by atoms with Gasteiger partial charge in [0.05, 0.1) is 11.1 Å². The van der Waals surface area contributed by atoms with Crippen molar-refractivity contribution in [1.29, 1.82) is 0 Å². The van der Waals surface area contributed by atoms with E-state index in [0.29, 0.717) is 24.2 Å². The third-order valence-corrected chi connectivity index (χ3v) is 3.42. The van der Waals surface area contributed by atoms with Gasteiger partial charge in [0.25, 0.3) is 11.8 Å². The molecule has 0 saturated carbocycles. The maximum absolute atomic E-state index is 12.1. The average Bonchev–Trinajstić information content (AvgIpc) is 2.71. The summed E-state index contributed by atoms with van der Waals surface area (Å²) >= 11 is 0. The van der Waals surface area contributed by atoms with Crippen molar-refractivity contribution in [1.82, 2.24) is 10.2 Å². The van der Waals surface area contributed by atoms with Crippen LogP contribution in [-0.4, -0.2) is 42.9 Å². The van der Waals surface area contributed by atoms with Crippen molar-refractivity contribution in [3.63, 3.8) is 0 Å². The first-order valence-electron chi connectivity index (χ1n) is 7.11. The summed E-state index contributed by atoms with van der Waals surface area (Å²) in [5.41, 5.74) is 6.46. The minimum atomic E-state index is -0.165. The molecule has 1 aliphatic heterocycles. The number of nitrogens with two attached hydrogens (primary N) is 1. The summed E-state index contributed by atoms with van der Waals surface area (Å²) in [6, 6.07) is 7.00. The molecule has 0 saturated heterocycles. The van der Waals surface area contributed by atoms with Crippen molar-refractivity contribution in [3.05, 3.63) is 35.4 Å². The van der Waals surface area contributed by atoms with E-state index in [1.165, 1.54) is 4.90 Å². The lowest BCUT2D eigenvalue weighted by molar-refractivity contribution is 0.0651. The molecule has 1 aromatic carbocycles. The standard InChI is InChI=1S/C15H21N3O2/c16-8-5-10-17-9-3-4-11-18-14(19)12-6-1-2-7-13(12)15(18)20/h1-2,6-7,17H,3-5,8-11,16H2. The number of hydrogen-bond donors (Lipinski definition) is 2. The minimum absolute atomic E-state index is 0.165. The number of carbonyl (C=O) groups excluding carboxylic acids is 2. The van der Waals surface area contributed by atoms with Crippen LogP contribution < -0.4 is 11.1 Å². The van der Waals surface area contributed by atoms with E-state index in [2.05, 4.69) is 5.32 Å². The summed E-state index contributed by atoms with van der Waals surface area (Å²) in [4.78, 5) is 25.5. The molecular weight excluding hydrogens is 254 g/mol. The summed E-state index contributed by atoms with van der Waals surface area (Å²) in [5, 5.41) is 3.28. The van der Waals surface area contributed by atoms with Crippen LogP contribution in [0.1, 0.15) is 40.0 Å². The smallest absolute Gasteiger partial charge is 0.261 e. The molecule has 2 rings (SSSR count). The van der Waals surface area contributed by atoms with Crippen LogP contribution in [-0.2, 0) is 0 Å². The molecule has 0 unspecified atom stereocenters. The largest absolute Gasteiger partial charge is 0.330 e. The van der Waals surface area contributed by atoms with Gasteiger partial charge in [0.2, 0.25) is 0 Å². The molecular formula is C15H21N3O2. The third-order valence-electron chi connectivity index (χ3n) is 3.42. The fraction of sp³-hybridized carbons (Fsp3) is 0.467. The molecule has 3 N–H and O–H groups in total. The molecule has 0 aliphatic carbocycles. The fourth-order valence-electron chi connectivity index (χ4n) is 2.31. The van der Waals surface area contributed by atoms with Crippen molar-refractivity contribution in [2.24, 2.45) is 5.73 Å². The van der Waals surface area contributed by atoms with Gasteiger partial charge in [-0.25, -0.2) is 0 Å². The zero-order chi connectivity index (χ0) is 14.4. The number of benzene rings is 1. The monoisotopic (exact) mass is 275 g/mol. The highest BCUT2D eigenvalue weighted by atomic mass is 16.2. The first-order chi connectivity index (χ1) is 9.75. The van der Waals surface area contributed by atoms with Crippen LogP contribution in [0.5, 0.6) is 0 Å². The molecule has 20 heavy (non-hydrogen) atoms. The number of nitrogens with zero attached hydrogens (tertiary/aromatic N) is 1. The fourth-order valence-corrected chi connectivity index (χ4v) is 2.31. The van der Waals surface area contributed by atoms with Crippen molar-refractivity contribution >= 4 is 11.8 Å². The van der Waals surface area contributed by atoms with Gasteiger partial charge < -0.3 is 11.1 Å². The molecule has 0 spiro atoms. The lowest BCUT2D eigenvalue weighted by Crippen LogP contribution is -2.31. The van der Waals surface area contributed by atoms with E-state index in [1.54, 1.807) is 24.3 Å². The maximum atomic E-state index is 12.1. The highest BCUT2D eigenvalue weighted by molar-refractivity contribution is 6.21. The summed E-state index contributed by atoms with van der Waals surface area (Å²) < 4.78 is 0. The molecule has 0 atom stereocenters. The highest BCUT2D eigenvalue weighted by Crippen LogP contribution is 2.22. The summed E-state index contributed by atoms with van der Waals surface area (Å²) in [5.74, 6) is -0.330. The second-order valence-electron chi connectivity index (χ2n) is 4.91. The molecule has 0 aromatic heterocycles. The van der Waals surface area contributed by atoms with Crippen LogP contribution in [0, 0.1) is 0 Å². The average molecular weight is 275 g/mol. The molecule has 0 bridgehead atoms. The van der Waals surface area contributed by atoms with Gasteiger partial charge in [-0.3, -0.25) is 14.5 Å². The van der Waals surface area contributed by atoms with Crippen LogP contribution in [0.15, 0.2) is 24.3 Å². The SMILES string of the molecule is NCCCNCCCCN1C(=O)c2ccccc2C1=O. The Morgan fingerprint density at radius 1 is 0.950 bits per heavy atom. The molecule has 1 heterocycles. The third kappa shape index (κ3) is 3.23. The van der Waals surface area contributed by atoms with Gasteiger partial charge in [-0.1, -0.05) is 12.1 Å². The zero-order valence-electron chi connectivity index (χ0n) is 11.6. The normalized spacial score (nSPS) is 13.9. The summed E-state index contributed by atoms with van der Waals surface area (Å²) in [6.45, 7) is 3.00. The Bertz CT molecular complexity index is 453. The second-order valence-corrected chi connectivity index (χ2v) is 4.91. The zero-order valence-corrected chi connectivity index (χ0v) is 11.6. The Balaban J connectivity index is 1.75. The lowest BCUT2D eigenvalue weighted by Gasteiger charge is -2.13. The first-order valence-corrected chi connectivity index (χ1v) is 7.11. The van der Waals surface area contributed by atoms with Gasteiger partial charge >= 0.3 is 0 Å². The number of carbonyl (C=O) groups is 2.